The largest absolute Gasteiger partial charge is 0.344 e. The summed E-state index contributed by atoms with van der Waals surface area (Å²) in [4.78, 5) is 64.1. The molecule has 4 amide bonds. The Kier molecular flexibility index (Phi) is 11.6. The lowest BCUT2D eigenvalue weighted by Gasteiger charge is -2.25. The summed E-state index contributed by atoms with van der Waals surface area (Å²) >= 11 is 0. The van der Waals surface area contributed by atoms with Crippen LogP contribution in [0.25, 0.3) is 0 Å². The van der Waals surface area contributed by atoms with Crippen LogP contribution in [-0.2, 0) is 20.6 Å². The zero-order chi connectivity index (χ0) is 32.4. The summed E-state index contributed by atoms with van der Waals surface area (Å²) in [5.74, 6) is -2.34. The van der Waals surface area contributed by atoms with Gasteiger partial charge in [-0.15, -0.1) is 0 Å². The number of fused-ring (bicyclic) bond motifs is 1. The Morgan fingerprint density at radius 1 is 0.844 bits per heavy atom. The fourth-order valence-electron chi connectivity index (χ4n) is 5.28. The van der Waals surface area contributed by atoms with Crippen molar-refractivity contribution in [2.45, 2.75) is 39.2 Å². The maximum Gasteiger partial charge on any atom is 0.261 e. The average Bonchev–Trinajstić information content (AvgIpc) is 3.26. The van der Waals surface area contributed by atoms with Crippen LogP contribution in [0, 0.1) is 11.8 Å². The molecule has 1 unspecified atom stereocenters. The first-order valence-corrected chi connectivity index (χ1v) is 17.2. The van der Waals surface area contributed by atoms with Crippen LogP contribution < -0.4 is 10.6 Å². The smallest absolute Gasteiger partial charge is 0.261 e. The van der Waals surface area contributed by atoms with Crippen LogP contribution in [0.2, 0.25) is 0 Å². The molecule has 1 heterocycles. The monoisotopic (exact) mass is 629 g/mol. The van der Waals surface area contributed by atoms with Crippen molar-refractivity contribution in [1.82, 2.24) is 10.2 Å². The zero-order valence-corrected chi connectivity index (χ0v) is 26.5. The molecule has 0 saturated carbocycles. The standard InChI is InChI=1S/C35H40N3O6P/c1-25(2)23-31(33(40)36-28-15-7-4-8-16-28)37-32(39)27(20-19-26-13-5-3-6-14-26)24-45(43,44)22-12-11-21-38-34(41)29-17-9-10-18-30(29)35(38)42/h3-18,25,27,31H,19-24H2,1-2H3,(H,36,40)(H,37,39)(H,43,44)/b12-11+/t27-,31+/m1/s1. The van der Waals surface area contributed by atoms with Gasteiger partial charge < -0.3 is 15.5 Å². The van der Waals surface area contributed by atoms with Crippen LogP contribution in [0.3, 0.4) is 0 Å². The van der Waals surface area contributed by atoms with Gasteiger partial charge in [0.15, 0.2) is 0 Å². The van der Waals surface area contributed by atoms with Gasteiger partial charge >= 0.3 is 0 Å². The number of hydrogen-bond donors (Lipinski definition) is 3. The Morgan fingerprint density at radius 2 is 1.42 bits per heavy atom. The Labute approximate surface area is 264 Å². The van der Waals surface area contributed by atoms with E-state index in [0.717, 1.165) is 10.5 Å². The highest BCUT2D eigenvalue weighted by Crippen LogP contribution is 2.43. The summed E-state index contributed by atoms with van der Waals surface area (Å²) in [7, 11) is -3.86. The molecule has 0 aromatic heterocycles. The van der Waals surface area contributed by atoms with Crippen molar-refractivity contribution in [1.29, 1.82) is 0 Å². The summed E-state index contributed by atoms with van der Waals surface area (Å²) in [5.41, 5.74) is 2.27. The highest BCUT2D eigenvalue weighted by molar-refractivity contribution is 7.58. The number of carbonyl (C=O) groups is 4. The summed E-state index contributed by atoms with van der Waals surface area (Å²) in [6.07, 6.45) is 3.72. The number of anilines is 1. The van der Waals surface area contributed by atoms with E-state index < -0.39 is 37.1 Å². The quantitative estimate of drug-likeness (QED) is 0.115. The van der Waals surface area contributed by atoms with Crippen molar-refractivity contribution < 1.29 is 28.6 Å². The molecule has 1 aliphatic rings. The van der Waals surface area contributed by atoms with E-state index in [1.54, 1.807) is 48.5 Å². The maximum absolute atomic E-state index is 13.7. The number of nitrogens with zero attached hydrogens (tertiary/aromatic N) is 1. The number of rotatable bonds is 15. The Bertz CT molecular complexity index is 1540. The van der Waals surface area contributed by atoms with Gasteiger partial charge in [0, 0.05) is 30.5 Å². The number of imide groups is 1. The van der Waals surface area contributed by atoms with Crippen molar-refractivity contribution in [3.63, 3.8) is 0 Å². The van der Waals surface area contributed by atoms with Crippen molar-refractivity contribution in [2.75, 3.05) is 24.2 Å². The molecule has 0 bridgehead atoms. The minimum atomic E-state index is -3.86. The molecule has 9 nitrogen and oxygen atoms in total. The van der Waals surface area contributed by atoms with Crippen LogP contribution in [0.1, 0.15) is 53.0 Å². The molecule has 0 fully saturated rings. The number of benzene rings is 3. The second-order valence-electron chi connectivity index (χ2n) is 11.7. The molecule has 4 rings (SSSR count). The van der Waals surface area contributed by atoms with Crippen LogP contribution in [-0.4, -0.2) is 58.3 Å². The summed E-state index contributed by atoms with van der Waals surface area (Å²) in [5, 5.41) is 5.72. The molecule has 45 heavy (non-hydrogen) atoms. The third-order valence-electron chi connectivity index (χ3n) is 7.61. The molecule has 236 valence electrons. The maximum atomic E-state index is 13.7. The molecule has 0 aliphatic carbocycles. The van der Waals surface area contributed by atoms with Gasteiger partial charge in [-0.05, 0) is 55.0 Å². The number of amides is 4. The third-order valence-corrected chi connectivity index (χ3v) is 9.40. The SMILES string of the molecule is CC(C)C[C@H](NC(=O)[C@H](CCc1ccccc1)CP(=O)(O)C/C=C/CN1C(=O)c2ccccc2C1=O)C(=O)Nc1ccccc1. The summed E-state index contributed by atoms with van der Waals surface area (Å²) < 4.78 is 13.4. The molecule has 3 aromatic carbocycles. The number of aryl methyl sites for hydroxylation is 1. The first-order valence-electron chi connectivity index (χ1n) is 15.2. The van der Waals surface area contributed by atoms with E-state index in [0.29, 0.717) is 36.1 Å². The van der Waals surface area contributed by atoms with Gasteiger partial charge in [0.25, 0.3) is 11.8 Å². The lowest BCUT2D eigenvalue weighted by atomic mass is 9.98. The molecule has 3 atom stereocenters. The fourth-order valence-corrected chi connectivity index (χ4v) is 6.94. The normalized spacial score (nSPS) is 15.5. The molecule has 0 saturated heterocycles. The summed E-state index contributed by atoms with van der Waals surface area (Å²) in [6.45, 7) is 3.88. The van der Waals surface area contributed by atoms with E-state index >= 15 is 0 Å². The van der Waals surface area contributed by atoms with Gasteiger partial charge in [-0.3, -0.25) is 28.6 Å². The predicted molar refractivity (Wildman–Crippen MR) is 175 cm³/mol. The number of hydrogen-bond acceptors (Lipinski definition) is 5. The minimum Gasteiger partial charge on any atom is -0.344 e. The molecular formula is C35H40N3O6P. The van der Waals surface area contributed by atoms with Gasteiger partial charge in [0.1, 0.15) is 6.04 Å². The molecule has 0 radical (unpaired) electrons. The third kappa shape index (κ3) is 9.58. The lowest BCUT2D eigenvalue weighted by molar-refractivity contribution is -0.129. The summed E-state index contributed by atoms with van der Waals surface area (Å²) in [6, 6.07) is 24.3. The molecule has 3 aromatic rings. The molecule has 10 heteroatoms. The van der Waals surface area contributed by atoms with Crippen LogP contribution >= 0.6 is 7.37 Å². The minimum absolute atomic E-state index is 0.0301. The number of nitrogens with one attached hydrogen (secondary N) is 2. The van der Waals surface area contributed by atoms with E-state index in [2.05, 4.69) is 10.6 Å². The van der Waals surface area contributed by atoms with Crippen molar-refractivity contribution in [3.05, 3.63) is 114 Å². The van der Waals surface area contributed by atoms with Crippen molar-refractivity contribution in [3.8, 4) is 0 Å². The molecular weight excluding hydrogens is 589 g/mol. The second-order valence-corrected chi connectivity index (χ2v) is 14.1. The Hall–Kier alpha value is -4.33. The topological polar surface area (TPSA) is 133 Å². The Balaban J connectivity index is 1.42. The van der Waals surface area contributed by atoms with E-state index in [1.165, 1.54) is 12.2 Å². The van der Waals surface area contributed by atoms with Gasteiger partial charge in [-0.2, -0.15) is 0 Å². The molecule has 0 spiro atoms. The number of carbonyl (C=O) groups excluding carboxylic acids is 4. The predicted octanol–water partition coefficient (Wildman–Crippen LogP) is 5.53. The highest BCUT2D eigenvalue weighted by Gasteiger charge is 2.34. The van der Waals surface area contributed by atoms with Crippen LogP contribution in [0.15, 0.2) is 97.1 Å². The van der Waals surface area contributed by atoms with Crippen molar-refractivity contribution in [2.24, 2.45) is 11.8 Å². The van der Waals surface area contributed by atoms with Crippen LogP contribution in [0.4, 0.5) is 5.69 Å². The first-order chi connectivity index (χ1) is 21.5. The van der Waals surface area contributed by atoms with Gasteiger partial charge in [-0.1, -0.05) is 86.7 Å². The Morgan fingerprint density at radius 3 is 2.02 bits per heavy atom. The first kappa shape index (κ1) is 33.6. The van der Waals surface area contributed by atoms with E-state index in [9.17, 15) is 28.6 Å². The molecule has 3 N–H and O–H groups in total. The lowest BCUT2D eigenvalue weighted by Crippen LogP contribution is -2.47. The number of allylic oxidation sites excluding steroid dienone is 1. The van der Waals surface area contributed by atoms with E-state index in [4.69, 9.17) is 0 Å². The zero-order valence-electron chi connectivity index (χ0n) is 25.6. The van der Waals surface area contributed by atoms with Crippen LogP contribution in [0.5, 0.6) is 0 Å². The van der Waals surface area contributed by atoms with E-state index in [1.807, 2.05) is 50.2 Å². The number of para-hydroxylation sites is 1. The second kappa shape index (κ2) is 15.6. The highest BCUT2D eigenvalue weighted by atomic mass is 31.2. The fraction of sp³-hybridized carbons (Fsp3) is 0.314. The van der Waals surface area contributed by atoms with Gasteiger partial charge in [-0.25, -0.2) is 0 Å². The molecule has 1 aliphatic heterocycles. The van der Waals surface area contributed by atoms with E-state index in [-0.39, 0.29) is 30.7 Å². The average molecular weight is 630 g/mol. The van der Waals surface area contributed by atoms with Gasteiger partial charge in [0.05, 0.1) is 11.1 Å². The van der Waals surface area contributed by atoms with Crippen molar-refractivity contribution >= 4 is 36.7 Å². The van der Waals surface area contributed by atoms with Gasteiger partial charge in [0.2, 0.25) is 19.2 Å².